The van der Waals surface area contributed by atoms with Crippen LogP contribution in [0.15, 0.2) is 12.3 Å². The molecule has 1 aromatic rings. The summed E-state index contributed by atoms with van der Waals surface area (Å²) in [4.78, 5) is 4.13. The van der Waals surface area contributed by atoms with Gasteiger partial charge in [-0.1, -0.05) is 6.92 Å². The quantitative estimate of drug-likeness (QED) is 0.512. The van der Waals surface area contributed by atoms with Crippen molar-refractivity contribution in [2.24, 2.45) is 17.7 Å². The molecule has 3 unspecified atom stereocenters. The molecule has 0 aliphatic heterocycles. The SMILES string of the molecule is Cc1ccnc(N)c1C(NN)C1CC1C. The molecule has 0 saturated heterocycles. The average molecular weight is 206 g/mol. The lowest BCUT2D eigenvalue weighted by Gasteiger charge is -2.19. The summed E-state index contributed by atoms with van der Waals surface area (Å²) >= 11 is 0. The molecule has 1 aromatic heterocycles. The number of hydrogen-bond donors (Lipinski definition) is 3. The topological polar surface area (TPSA) is 77.0 Å². The summed E-state index contributed by atoms with van der Waals surface area (Å²) in [6.07, 6.45) is 2.95. The molecule has 1 saturated carbocycles. The molecular formula is C11H18N4. The monoisotopic (exact) mass is 206 g/mol. The molecule has 1 aliphatic carbocycles. The van der Waals surface area contributed by atoms with Gasteiger partial charge in [-0.05, 0) is 36.8 Å². The number of nitrogens with one attached hydrogen (secondary N) is 1. The van der Waals surface area contributed by atoms with Crippen LogP contribution in [0.25, 0.3) is 0 Å². The van der Waals surface area contributed by atoms with E-state index in [4.69, 9.17) is 11.6 Å². The third kappa shape index (κ3) is 1.82. The van der Waals surface area contributed by atoms with E-state index in [9.17, 15) is 0 Å². The predicted molar refractivity (Wildman–Crippen MR) is 60.7 cm³/mol. The smallest absolute Gasteiger partial charge is 0.128 e. The van der Waals surface area contributed by atoms with Crippen LogP contribution in [0, 0.1) is 18.8 Å². The molecule has 3 atom stereocenters. The second-order valence-electron chi connectivity index (χ2n) is 4.45. The van der Waals surface area contributed by atoms with Crippen LogP contribution in [0.2, 0.25) is 0 Å². The van der Waals surface area contributed by atoms with Crippen molar-refractivity contribution in [3.63, 3.8) is 0 Å². The average Bonchev–Trinajstić information content (AvgIpc) is 2.89. The Morgan fingerprint density at radius 3 is 2.73 bits per heavy atom. The number of nitrogens with zero attached hydrogens (tertiary/aromatic N) is 1. The van der Waals surface area contributed by atoms with Gasteiger partial charge in [0.1, 0.15) is 5.82 Å². The van der Waals surface area contributed by atoms with Crippen molar-refractivity contribution in [1.29, 1.82) is 0 Å². The van der Waals surface area contributed by atoms with Crippen molar-refractivity contribution in [2.45, 2.75) is 26.3 Å². The molecule has 4 heteroatoms. The second-order valence-corrected chi connectivity index (χ2v) is 4.45. The Morgan fingerprint density at radius 1 is 1.60 bits per heavy atom. The summed E-state index contributed by atoms with van der Waals surface area (Å²) in [7, 11) is 0. The zero-order valence-electron chi connectivity index (χ0n) is 9.20. The minimum Gasteiger partial charge on any atom is -0.383 e. The number of pyridine rings is 1. The molecule has 0 aromatic carbocycles. The molecule has 1 aliphatic rings. The summed E-state index contributed by atoms with van der Waals surface area (Å²) in [5.41, 5.74) is 11.0. The number of aryl methyl sites for hydroxylation is 1. The highest BCUT2D eigenvalue weighted by molar-refractivity contribution is 5.46. The van der Waals surface area contributed by atoms with Crippen LogP contribution in [0.4, 0.5) is 5.82 Å². The van der Waals surface area contributed by atoms with Gasteiger partial charge < -0.3 is 5.73 Å². The van der Waals surface area contributed by atoms with Gasteiger partial charge in [0.2, 0.25) is 0 Å². The molecule has 0 spiro atoms. The number of anilines is 1. The van der Waals surface area contributed by atoms with E-state index in [1.54, 1.807) is 6.20 Å². The van der Waals surface area contributed by atoms with Crippen LogP contribution in [0.1, 0.15) is 30.5 Å². The molecule has 4 nitrogen and oxygen atoms in total. The van der Waals surface area contributed by atoms with E-state index in [1.165, 1.54) is 6.42 Å². The van der Waals surface area contributed by atoms with E-state index in [-0.39, 0.29) is 6.04 Å². The van der Waals surface area contributed by atoms with Gasteiger partial charge in [-0.2, -0.15) is 0 Å². The largest absolute Gasteiger partial charge is 0.383 e. The molecule has 82 valence electrons. The minimum absolute atomic E-state index is 0.147. The van der Waals surface area contributed by atoms with Gasteiger partial charge in [0.25, 0.3) is 0 Å². The molecule has 15 heavy (non-hydrogen) atoms. The van der Waals surface area contributed by atoms with E-state index in [1.807, 2.05) is 13.0 Å². The van der Waals surface area contributed by atoms with Gasteiger partial charge in [0.15, 0.2) is 0 Å². The van der Waals surface area contributed by atoms with E-state index in [0.717, 1.165) is 17.0 Å². The Labute approximate surface area is 90.0 Å². The number of nitrogens with two attached hydrogens (primary N) is 2. The molecule has 1 fully saturated rings. The third-order valence-corrected chi connectivity index (χ3v) is 3.33. The van der Waals surface area contributed by atoms with Crippen LogP contribution in [-0.2, 0) is 0 Å². The molecule has 0 amide bonds. The fourth-order valence-electron chi connectivity index (χ4n) is 2.23. The summed E-state index contributed by atoms with van der Waals surface area (Å²) in [5, 5.41) is 0. The molecular weight excluding hydrogens is 188 g/mol. The van der Waals surface area contributed by atoms with Gasteiger partial charge in [-0.3, -0.25) is 11.3 Å². The normalized spacial score (nSPS) is 26.3. The van der Waals surface area contributed by atoms with E-state index < -0.39 is 0 Å². The summed E-state index contributed by atoms with van der Waals surface area (Å²) < 4.78 is 0. The maximum Gasteiger partial charge on any atom is 0.128 e. The van der Waals surface area contributed by atoms with Crippen molar-refractivity contribution in [1.82, 2.24) is 10.4 Å². The van der Waals surface area contributed by atoms with Crippen LogP contribution in [0.5, 0.6) is 0 Å². The summed E-state index contributed by atoms with van der Waals surface area (Å²) in [6, 6.07) is 2.12. The fourth-order valence-corrected chi connectivity index (χ4v) is 2.23. The lowest BCUT2D eigenvalue weighted by Crippen LogP contribution is -2.31. The summed E-state index contributed by atoms with van der Waals surface area (Å²) in [5.74, 6) is 7.53. The third-order valence-electron chi connectivity index (χ3n) is 3.33. The Bertz CT molecular complexity index is 343. The second kappa shape index (κ2) is 3.79. The Morgan fingerprint density at radius 2 is 2.27 bits per heavy atom. The predicted octanol–water partition coefficient (Wildman–Crippen LogP) is 1.13. The van der Waals surface area contributed by atoms with Gasteiger partial charge in [0, 0.05) is 11.8 Å². The zero-order valence-corrected chi connectivity index (χ0v) is 9.20. The highest BCUT2D eigenvalue weighted by Crippen LogP contribution is 2.47. The zero-order chi connectivity index (χ0) is 11.0. The van der Waals surface area contributed by atoms with E-state index >= 15 is 0 Å². The molecule has 0 bridgehead atoms. The van der Waals surface area contributed by atoms with Gasteiger partial charge in [-0.25, -0.2) is 4.98 Å². The number of aromatic nitrogens is 1. The number of nitrogen functional groups attached to an aromatic ring is 1. The van der Waals surface area contributed by atoms with Crippen molar-refractivity contribution in [2.75, 3.05) is 5.73 Å². The van der Waals surface area contributed by atoms with E-state index in [2.05, 4.69) is 17.3 Å². The standard InChI is InChI=1S/C11H18N4/c1-6-3-4-14-11(12)9(6)10(15-13)8-5-7(8)2/h3-4,7-8,10,15H,5,13H2,1-2H3,(H2,12,14). The molecule has 0 radical (unpaired) electrons. The summed E-state index contributed by atoms with van der Waals surface area (Å²) in [6.45, 7) is 4.28. The maximum absolute atomic E-state index is 5.90. The highest BCUT2D eigenvalue weighted by atomic mass is 15.2. The van der Waals surface area contributed by atoms with Crippen LogP contribution >= 0.6 is 0 Å². The van der Waals surface area contributed by atoms with Gasteiger partial charge in [-0.15, -0.1) is 0 Å². The van der Waals surface area contributed by atoms with Gasteiger partial charge in [0.05, 0.1) is 6.04 Å². The lowest BCUT2D eigenvalue weighted by molar-refractivity contribution is 0.474. The minimum atomic E-state index is 0.147. The number of hydrogen-bond acceptors (Lipinski definition) is 4. The van der Waals surface area contributed by atoms with E-state index in [0.29, 0.717) is 11.7 Å². The van der Waals surface area contributed by atoms with Crippen molar-refractivity contribution < 1.29 is 0 Å². The van der Waals surface area contributed by atoms with Crippen molar-refractivity contribution in [3.8, 4) is 0 Å². The first kappa shape index (κ1) is 10.4. The molecule has 2 rings (SSSR count). The highest BCUT2D eigenvalue weighted by Gasteiger charge is 2.41. The van der Waals surface area contributed by atoms with Crippen LogP contribution in [0.3, 0.4) is 0 Å². The van der Waals surface area contributed by atoms with Gasteiger partial charge >= 0.3 is 0 Å². The van der Waals surface area contributed by atoms with Crippen molar-refractivity contribution >= 4 is 5.82 Å². The van der Waals surface area contributed by atoms with Crippen LogP contribution in [-0.4, -0.2) is 4.98 Å². The first-order valence-electron chi connectivity index (χ1n) is 5.32. The Kier molecular flexibility index (Phi) is 2.63. The van der Waals surface area contributed by atoms with Crippen molar-refractivity contribution in [3.05, 3.63) is 23.4 Å². The first-order valence-corrected chi connectivity index (χ1v) is 5.32. The Hall–Kier alpha value is -1.13. The fraction of sp³-hybridized carbons (Fsp3) is 0.545. The maximum atomic E-state index is 5.90. The first-order chi connectivity index (χ1) is 7.15. The molecule has 5 N–H and O–H groups in total. The molecule has 1 heterocycles. The lowest BCUT2D eigenvalue weighted by atomic mass is 9.98. The Balaban J connectivity index is 2.34. The van der Waals surface area contributed by atoms with Crippen LogP contribution < -0.4 is 17.0 Å². The number of hydrazine groups is 1. The number of rotatable bonds is 3.